The van der Waals surface area contributed by atoms with Crippen molar-refractivity contribution >= 4 is 7.85 Å². The predicted molar refractivity (Wildman–Crippen MR) is 67.5 cm³/mol. The lowest BCUT2D eigenvalue weighted by atomic mass is 9.42. The second kappa shape index (κ2) is 3.91. The molecule has 82 valence electrons. The Labute approximate surface area is 91.3 Å². The van der Waals surface area contributed by atoms with Gasteiger partial charge in [-0.15, -0.1) is 0 Å². The Bertz CT molecular complexity index is 197. The van der Waals surface area contributed by atoms with Gasteiger partial charge in [-0.1, -0.05) is 59.2 Å². The van der Waals surface area contributed by atoms with Crippen molar-refractivity contribution in [3.8, 4) is 0 Å². The average molecular weight is 194 g/mol. The van der Waals surface area contributed by atoms with Gasteiger partial charge in [-0.2, -0.15) is 0 Å². The van der Waals surface area contributed by atoms with E-state index in [1.807, 2.05) is 0 Å². The van der Waals surface area contributed by atoms with Crippen LogP contribution in [0.2, 0.25) is 5.31 Å². The third kappa shape index (κ3) is 1.88. The van der Waals surface area contributed by atoms with Crippen LogP contribution in [-0.4, -0.2) is 7.85 Å². The van der Waals surface area contributed by atoms with Crippen molar-refractivity contribution in [2.45, 2.75) is 65.6 Å². The van der Waals surface area contributed by atoms with Crippen LogP contribution >= 0.6 is 0 Å². The van der Waals surface area contributed by atoms with Crippen LogP contribution in [0.15, 0.2) is 0 Å². The lowest BCUT2D eigenvalue weighted by Crippen LogP contribution is -2.48. The fraction of sp³-hybridized carbons (Fsp3) is 1.00. The molecule has 0 aliphatic heterocycles. The summed E-state index contributed by atoms with van der Waals surface area (Å²) in [6.07, 6.45) is 5.53. The molecule has 4 unspecified atom stereocenters. The second-order valence-electron chi connectivity index (χ2n) is 6.35. The molecule has 4 atom stereocenters. The van der Waals surface area contributed by atoms with Crippen LogP contribution in [-0.2, 0) is 0 Å². The van der Waals surface area contributed by atoms with Crippen molar-refractivity contribution in [1.82, 2.24) is 0 Å². The van der Waals surface area contributed by atoms with Crippen LogP contribution < -0.4 is 0 Å². The van der Waals surface area contributed by atoms with Crippen LogP contribution in [0.4, 0.5) is 0 Å². The molecule has 1 fully saturated rings. The summed E-state index contributed by atoms with van der Waals surface area (Å²) in [7, 11) is 2.47. The van der Waals surface area contributed by atoms with Gasteiger partial charge in [0.25, 0.3) is 0 Å². The Morgan fingerprint density at radius 3 is 2.36 bits per heavy atom. The van der Waals surface area contributed by atoms with Gasteiger partial charge in [0.05, 0.1) is 0 Å². The minimum Gasteiger partial charge on any atom is -0.0667 e. The molecule has 0 spiro atoms. The summed E-state index contributed by atoms with van der Waals surface area (Å²) >= 11 is 0. The molecule has 0 amide bonds. The normalized spacial score (nSPS) is 41.5. The summed E-state index contributed by atoms with van der Waals surface area (Å²) in [6.45, 7) is 12.1. The lowest BCUT2D eigenvalue weighted by molar-refractivity contribution is -0.0432. The van der Waals surface area contributed by atoms with E-state index >= 15 is 0 Å². The highest BCUT2D eigenvalue weighted by Gasteiger charge is 2.51. The monoisotopic (exact) mass is 194 g/mol. The van der Waals surface area contributed by atoms with Crippen LogP contribution in [0, 0.1) is 17.3 Å². The van der Waals surface area contributed by atoms with E-state index in [-0.39, 0.29) is 0 Å². The standard InChI is InChI=1S/C13H27B/c1-6-8-13(5,14)11-9-12(4,7-2)10(11)3/h10-11H,6-9,14H2,1-5H3. The van der Waals surface area contributed by atoms with Crippen molar-refractivity contribution in [1.29, 1.82) is 0 Å². The smallest absolute Gasteiger partial charge is 0.0667 e. The summed E-state index contributed by atoms with van der Waals surface area (Å²) in [5.41, 5.74) is 0.648. The maximum absolute atomic E-state index is 2.47. The first-order valence-electron chi connectivity index (χ1n) is 6.37. The zero-order valence-corrected chi connectivity index (χ0v) is 11.0. The van der Waals surface area contributed by atoms with Gasteiger partial charge in [0, 0.05) is 0 Å². The molecule has 1 aliphatic carbocycles. The molecule has 1 aliphatic rings. The second-order valence-corrected chi connectivity index (χ2v) is 6.35. The summed E-state index contributed by atoms with van der Waals surface area (Å²) in [4.78, 5) is 0. The van der Waals surface area contributed by atoms with Gasteiger partial charge in [0.2, 0.25) is 0 Å². The van der Waals surface area contributed by atoms with E-state index in [1.165, 1.54) is 25.7 Å². The van der Waals surface area contributed by atoms with Gasteiger partial charge in [0.15, 0.2) is 0 Å². The molecular formula is C13H27B. The van der Waals surface area contributed by atoms with Gasteiger partial charge in [-0.25, -0.2) is 0 Å². The highest BCUT2D eigenvalue weighted by Crippen LogP contribution is 2.61. The molecule has 0 nitrogen and oxygen atoms in total. The van der Waals surface area contributed by atoms with E-state index in [2.05, 4.69) is 42.5 Å². The Morgan fingerprint density at radius 2 is 2.00 bits per heavy atom. The average Bonchev–Trinajstić information content (AvgIpc) is 2.12. The van der Waals surface area contributed by atoms with E-state index in [0.717, 1.165) is 11.8 Å². The van der Waals surface area contributed by atoms with Crippen molar-refractivity contribution < 1.29 is 0 Å². The molecule has 0 heterocycles. The van der Waals surface area contributed by atoms with Crippen molar-refractivity contribution in [2.24, 2.45) is 17.3 Å². The van der Waals surface area contributed by atoms with Gasteiger partial charge in [0.1, 0.15) is 7.85 Å². The third-order valence-electron chi connectivity index (χ3n) is 5.09. The van der Waals surface area contributed by atoms with E-state index in [4.69, 9.17) is 0 Å². The summed E-state index contributed by atoms with van der Waals surface area (Å²) in [5.74, 6) is 1.89. The highest BCUT2D eigenvalue weighted by molar-refractivity contribution is 6.15. The molecule has 0 aromatic rings. The predicted octanol–water partition coefficient (Wildman–Crippen LogP) is 3.67. The van der Waals surface area contributed by atoms with Crippen LogP contribution in [0.1, 0.15) is 60.3 Å². The van der Waals surface area contributed by atoms with Crippen LogP contribution in [0.3, 0.4) is 0 Å². The molecule has 0 aromatic heterocycles. The van der Waals surface area contributed by atoms with Crippen LogP contribution in [0.5, 0.6) is 0 Å². The van der Waals surface area contributed by atoms with Gasteiger partial charge >= 0.3 is 0 Å². The fourth-order valence-electron chi connectivity index (χ4n) is 3.44. The molecule has 1 saturated carbocycles. The SMILES string of the molecule is BC(C)(CCC)C1CC(C)(CC)C1C. The molecule has 0 saturated heterocycles. The first-order chi connectivity index (χ1) is 6.37. The number of hydrogen-bond donors (Lipinski definition) is 0. The molecule has 0 radical (unpaired) electrons. The third-order valence-corrected chi connectivity index (χ3v) is 5.09. The quantitative estimate of drug-likeness (QED) is 0.599. The van der Waals surface area contributed by atoms with Gasteiger partial charge < -0.3 is 0 Å². The Morgan fingerprint density at radius 1 is 1.43 bits per heavy atom. The lowest BCUT2D eigenvalue weighted by Gasteiger charge is -2.58. The maximum Gasteiger partial charge on any atom is 0.109 e. The van der Waals surface area contributed by atoms with E-state index in [1.54, 1.807) is 0 Å². The number of rotatable bonds is 4. The zero-order valence-electron chi connectivity index (χ0n) is 11.0. The number of hydrogen-bond acceptors (Lipinski definition) is 0. The Hall–Kier alpha value is 0.0649. The first kappa shape index (κ1) is 12.1. The summed E-state index contributed by atoms with van der Waals surface area (Å²) in [5, 5.41) is 0.572. The van der Waals surface area contributed by atoms with Crippen molar-refractivity contribution in [3.05, 3.63) is 0 Å². The summed E-state index contributed by atoms with van der Waals surface area (Å²) < 4.78 is 0. The first-order valence-corrected chi connectivity index (χ1v) is 6.37. The Kier molecular flexibility index (Phi) is 3.39. The minimum atomic E-state index is 0.572. The van der Waals surface area contributed by atoms with Crippen molar-refractivity contribution in [3.63, 3.8) is 0 Å². The van der Waals surface area contributed by atoms with Gasteiger partial charge in [-0.3, -0.25) is 0 Å². The molecule has 0 bridgehead atoms. The zero-order chi connectivity index (χ0) is 11.0. The summed E-state index contributed by atoms with van der Waals surface area (Å²) in [6, 6.07) is 0. The minimum absolute atomic E-state index is 0.572. The highest BCUT2D eigenvalue weighted by atomic mass is 14.5. The maximum atomic E-state index is 2.47. The molecular weight excluding hydrogens is 167 g/mol. The van der Waals surface area contributed by atoms with E-state index in [9.17, 15) is 0 Å². The molecule has 1 rings (SSSR count). The van der Waals surface area contributed by atoms with E-state index in [0.29, 0.717) is 10.7 Å². The van der Waals surface area contributed by atoms with Gasteiger partial charge in [-0.05, 0) is 23.7 Å². The molecule has 0 N–H and O–H groups in total. The van der Waals surface area contributed by atoms with Crippen molar-refractivity contribution in [2.75, 3.05) is 0 Å². The molecule has 14 heavy (non-hydrogen) atoms. The molecule has 0 aromatic carbocycles. The Balaban J connectivity index is 2.59. The van der Waals surface area contributed by atoms with Crippen LogP contribution in [0.25, 0.3) is 0 Å². The molecule has 1 heteroatoms. The largest absolute Gasteiger partial charge is 0.109 e. The topological polar surface area (TPSA) is 0 Å². The fourth-order valence-corrected chi connectivity index (χ4v) is 3.44. The van der Waals surface area contributed by atoms with E-state index < -0.39 is 0 Å².